The van der Waals surface area contributed by atoms with Crippen molar-refractivity contribution in [1.82, 2.24) is 10.3 Å². The maximum absolute atomic E-state index is 12.3. The summed E-state index contributed by atoms with van der Waals surface area (Å²) in [6.07, 6.45) is 5.16. The van der Waals surface area contributed by atoms with Crippen LogP contribution in [0.2, 0.25) is 0 Å². The molecule has 7 heteroatoms. The molecule has 1 atom stereocenters. The molecule has 6 nitrogen and oxygen atoms in total. The highest BCUT2D eigenvalue weighted by atomic mass is 32.2. The largest absolute Gasteiger partial charge is 0.348 e. The second-order valence-electron chi connectivity index (χ2n) is 5.99. The van der Waals surface area contributed by atoms with Crippen molar-refractivity contribution in [3.05, 3.63) is 59.4 Å². The van der Waals surface area contributed by atoms with Crippen molar-refractivity contribution in [2.45, 2.75) is 25.9 Å². The first-order valence-electron chi connectivity index (χ1n) is 7.65. The lowest BCUT2D eigenvalue weighted by molar-refractivity contribution is 0.0951. The van der Waals surface area contributed by atoms with E-state index in [1.807, 2.05) is 19.1 Å². The van der Waals surface area contributed by atoms with Gasteiger partial charge in [0.05, 0.1) is 11.9 Å². The van der Waals surface area contributed by atoms with E-state index in [0.717, 1.165) is 11.1 Å². The third-order valence-electron chi connectivity index (χ3n) is 4.05. The van der Waals surface area contributed by atoms with Crippen molar-refractivity contribution in [1.29, 1.82) is 0 Å². The van der Waals surface area contributed by atoms with Gasteiger partial charge in [-0.25, -0.2) is 8.42 Å². The Morgan fingerprint density at radius 3 is 2.67 bits per heavy atom. The van der Waals surface area contributed by atoms with Gasteiger partial charge < -0.3 is 5.32 Å². The van der Waals surface area contributed by atoms with Crippen LogP contribution in [0.15, 0.2) is 42.7 Å². The van der Waals surface area contributed by atoms with Crippen molar-refractivity contribution in [2.75, 3.05) is 10.6 Å². The molecule has 0 fully saturated rings. The molecule has 1 aliphatic heterocycles. The molecule has 126 valence electrons. The van der Waals surface area contributed by atoms with Crippen LogP contribution >= 0.6 is 0 Å². The molecule has 0 saturated carbocycles. The molecule has 2 heterocycles. The van der Waals surface area contributed by atoms with E-state index in [4.69, 9.17) is 0 Å². The number of carbonyl (C=O) groups is 1. The summed E-state index contributed by atoms with van der Waals surface area (Å²) in [6, 6.07) is 8.70. The number of pyridine rings is 1. The predicted octanol–water partition coefficient (Wildman–Crippen LogP) is 1.72. The highest BCUT2D eigenvalue weighted by molar-refractivity contribution is 7.92. The van der Waals surface area contributed by atoms with Crippen LogP contribution in [0, 0.1) is 0 Å². The van der Waals surface area contributed by atoms with Gasteiger partial charge in [-0.05, 0) is 54.8 Å². The van der Waals surface area contributed by atoms with Crippen molar-refractivity contribution in [3.63, 3.8) is 0 Å². The normalized spacial score (nSPS) is 16.8. The van der Waals surface area contributed by atoms with Gasteiger partial charge in [0.2, 0.25) is 10.0 Å². The van der Waals surface area contributed by atoms with E-state index in [0.29, 0.717) is 24.2 Å². The zero-order chi connectivity index (χ0) is 17.3. The van der Waals surface area contributed by atoms with Crippen molar-refractivity contribution >= 4 is 21.6 Å². The Balaban J connectivity index is 1.77. The maximum Gasteiger partial charge on any atom is 0.251 e. The number of hydrogen-bond donors (Lipinski definition) is 1. The zero-order valence-electron chi connectivity index (χ0n) is 13.6. The number of aromatic nitrogens is 1. The summed E-state index contributed by atoms with van der Waals surface area (Å²) in [5.41, 5.74) is 3.04. The number of fused-ring (bicyclic) bond motifs is 1. The fourth-order valence-corrected chi connectivity index (χ4v) is 4.30. The number of sulfonamides is 1. The lowest BCUT2D eigenvalue weighted by atomic mass is 10.1. The van der Waals surface area contributed by atoms with Crippen molar-refractivity contribution in [2.24, 2.45) is 0 Å². The fraction of sp³-hybridized carbons (Fsp3) is 0.294. The molecule has 3 rings (SSSR count). The van der Waals surface area contributed by atoms with E-state index in [1.165, 1.54) is 10.6 Å². The number of nitrogens with one attached hydrogen (secondary N) is 1. The van der Waals surface area contributed by atoms with E-state index in [2.05, 4.69) is 10.3 Å². The zero-order valence-corrected chi connectivity index (χ0v) is 14.4. The number of amides is 1. The Hall–Kier alpha value is -2.41. The van der Waals surface area contributed by atoms with Gasteiger partial charge in [0.25, 0.3) is 5.91 Å². The topological polar surface area (TPSA) is 79.4 Å². The molecule has 0 bridgehead atoms. The Bertz CT molecular complexity index is 866. The summed E-state index contributed by atoms with van der Waals surface area (Å²) in [6.45, 7) is 2.29. The van der Waals surface area contributed by atoms with Crippen LogP contribution in [0.5, 0.6) is 0 Å². The van der Waals surface area contributed by atoms with Gasteiger partial charge in [0, 0.05) is 30.5 Å². The standard InChI is InChI=1S/C17H19N3O3S/c1-12-9-15-10-14(3-4-16(15)20(12)24(2,22)23)17(21)19-11-13-5-7-18-8-6-13/h3-8,10,12H,9,11H2,1-2H3,(H,19,21)/t12-/m1/s1. The molecule has 1 aromatic carbocycles. The van der Waals surface area contributed by atoms with Crippen LogP contribution in [0.1, 0.15) is 28.4 Å². The van der Waals surface area contributed by atoms with Gasteiger partial charge in [-0.3, -0.25) is 14.1 Å². The molecule has 0 radical (unpaired) electrons. The Morgan fingerprint density at radius 2 is 2.00 bits per heavy atom. The molecule has 0 unspecified atom stereocenters. The van der Waals surface area contributed by atoms with Crippen molar-refractivity contribution in [3.8, 4) is 0 Å². The highest BCUT2D eigenvalue weighted by Crippen LogP contribution is 2.34. The number of hydrogen-bond acceptors (Lipinski definition) is 4. The number of rotatable bonds is 4. The quantitative estimate of drug-likeness (QED) is 0.915. The second kappa shape index (κ2) is 6.24. The summed E-state index contributed by atoms with van der Waals surface area (Å²) in [5.74, 6) is -0.180. The maximum atomic E-state index is 12.3. The third-order valence-corrected chi connectivity index (χ3v) is 5.33. The molecule has 2 aromatic rings. The predicted molar refractivity (Wildman–Crippen MR) is 92.3 cm³/mol. The minimum atomic E-state index is -3.32. The number of benzene rings is 1. The van der Waals surface area contributed by atoms with Gasteiger partial charge in [-0.2, -0.15) is 0 Å². The number of carbonyl (C=O) groups excluding carboxylic acids is 1. The van der Waals surface area contributed by atoms with Gasteiger partial charge >= 0.3 is 0 Å². The van der Waals surface area contributed by atoms with E-state index >= 15 is 0 Å². The van der Waals surface area contributed by atoms with E-state index in [1.54, 1.807) is 30.6 Å². The first kappa shape index (κ1) is 16.4. The summed E-state index contributed by atoms with van der Waals surface area (Å²) < 4.78 is 25.3. The summed E-state index contributed by atoms with van der Waals surface area (Å²) in [7, 11) is -3.32. The molecule has 1 aromatic heterocycles. The lowest BCUT2D eigenvalue weighted by Crippen LogP contribution is -2.34. The van der Waals surface area contributed by atoms with Crippen LogP contribution in [0.25, 0.3) is 0 Å². The SMILES string of the molecule is C[C@@H]1Cc2cc(C(=O)NCc3ccncc3)ccc2N1S(C)(=O)=O. The van der Waals surface area contributed by atoms with Crippen LogP contribution in [-0.4, -0.2) is 31.6 Å². The molecule has 1 amide bonds. The summed E-state index contributed by atoms with van der Waals surface area (Å²) >= 11 is 0. The fourth-order valence-electron chi connectivity index (χ4n) is 3.03. The van der Waals surface area contributed by atoms with Gasteiger partial charge in [0.15, 0.2) is 0 Å². The molecule has 0 spiro atoms. The second-order valence-corrected chi connectivity index (χ2v) is 7.85. The van der Waals surface area contributed by atoms with Crippen LogP contribution in [-0.2, 0) is 23.0 Å². The third kappa shape index (κ3) is 3.26. The van der Waals surface area contributed by atoms with E-state index < -0.39 is 10.0 Å². The van der Waals surface area contributed by atoms with Crippen LogP contribution in [0.3, 0.4) is 0 Å². The summed E-state index contributed by atoms with van der Waals surface area (Å²) in [4.78, 5) is 16.3. The summed E-state index contributed by atoms with van der Waals surface area (Å²) in [5, 5.41) is 2.86. The lowest BCUT2D eigenvalue weighted by Gasteiger charge is -2.21. The molecule has 24 heavy (non-hydrogen) atoms. The Morgan fingerprint density at radius 1 is 1.29 bits per heavy atom. The monoisotopic (exact) mass is 345 g/mol. The molecule has 0 saturated heterocycles. The van der Waals surface area contributed by atoms with Gasteiger partial charge in [-0.15, -0.1) is 0 Å². The molecule has 1 aliphatic rings. The Labute approximate surface area is 141 Å². The van der Waals surface area contributed by atoms with Crippen LogP contribution in [0.4, 0.5) is 5.69 Å². The smallest absolute Gasteiger partial charge is 0.251 e. The number of nitrogens with zero attached hydrogens (tertiary/aromatic N) is 2. The first-order chi connectivity index (χ1) is 11.4. The molecular formula is C17H19N3O3S. The van der Waals surface area contributed by atoms with E-state index in [9.17, 15) is 13.2 Å². The first-order valence-corrected chi connectivity index (χ1v) is 9.50. The molecule has 0 aliphatic carbocycles. The molecule has 1 N–H and O–H groups in total. The minimum absolute atomic E-state index is 0.134. The number of anilines is 1. The van der Waals surface area contributed by atoms with Gasteiger partial charge in [0.1, 0.15) is 0 Å². The average molecular weight is 345 g/mol. The van der Waals surface area contributed by atoms with Crippen molar-refractivity contribution < 1.29 is 13.2 Å². The average Bonchev–Trinajstić information content (AvgIpc) is 2.88. The highest BCUT2D eigenvalue weighted by Gasteiger charge is 2.32. The van der Waals surface area contributed by atoms with Crippen LogP contribution < -0.4 is 9.62 Å². The van der Waals surface area contributed by atoms with Gasteiger partial charge in [-0.1, -0.05) is 0 Å². The molecular weight excluding hydrogens is 326 g/mol. The Kier molecular flexibility index (Phi) is 4.28. The van der Waals surface area contributed by atoms with E-state index in [-0.39, 0.29) is 11.9 Å². The minimum Gasteiger partial charge on any atom is -0.348 e.